The summed E-state index contributed by atoms with van der Waals surface area (Å²) in [6.07, 6.45) is 0. The summed E-state index contributed by atoms with van der Waals surface area (Å²) in [5, 5.41) is 2.78. The summed E-state index contributed by atoms with van der Waals surface area (Å²) < 4.78 is 43.1. The van der Waals surface area contributed by atoms with Gasteiger partial charge in [-0.2, -0.15) is 4.31 Å². The minimum absolute atomic E-state index is 0.0129. The van der Waals surface area contributed by atoms with Gasteiger partial charge in [-0.1, -0.05) is 12.1 Å². The SMILES string of the molecule is COc1ccc(CNC(=O)c2ccccc2S(=O)(=O)N2CCOCC2)c(OC)c1. The van der Waals surface area contributed by atoms with E-state index < -0.39 is 15.9 Å². The van der Waals surface area contributed by atoms with Gasteiger partial charge in [-0.3, -0.25) is 4.79 Å². The molecule has 0 atom stereocenters. The van der Waals surface area contributed by atoms with Gasteiger partial charge in [0.1, 0.15) is 11.5 Å². The molecule has 1 heterocycles. The summed E-state index contributed by atoms with van der Waals surface area (Å²) in [6, 6.07) is 11.5. The number of carbonyl (C=O) groups is 1. The summed E-state index contributed by atoms with van der Waals surface area (Å²) in [6.45, 7) is 1.39. The molecule has 29 heavy (non-hydrogen) atoms. The fourth-order valence-electron chi connectivity index (χ4n) is 3.07. The smallest absolute Gasteiger partial charge is 0.252 e. The maximum Gasteiger partial charge on any atom is 0.252 e. The molecular weight excluding hydrogens is 396 g/mol. The first-order chi connectivity index (χ1) is 14.0. The Hall–Kier alpha value is -2.62. The Morgan fingerprint density at radius 3 is 2.52 bits per heavy atom. The molecule has 9 heteroatoms. The largest absolute Gasteiger partial charge is 0.497 e. The third-order valence-electron chi connectivity index (χ3n) is 4.65. The van der Waals surface area contributed by atoms with Gasteiger partial charge in [-0.25, -0.2) is 8.42 Å². The molecule has 8 nitrogen and oxygen atoms in total. The van der Waals surface area contributed by atoms with E-state index in [-0.39, 0.29) is 30.1 Å². The van der Waals surface area contributed by atoms with Crippen molar-refractivity contribution >= 4 is 15.9 Å². The van der Waals surface area contributed by atoms with E-state index in [2.05, 4.69) is 5.32 Å². The van der Waals surface area contributed by atoms with Gasteiger partial charge >= 0.3 is 0 Å². The molecule has 0 radical (unpaired) electrons. The molecule has 0 aromatic heterocycles. The zero-order valence-corrected chi connectivity index (χ0v) is 17.2. The van der Waals surface area contributed by atoms with Gasteiger partial charge in [-0.05, 0) is 24.3 Å². The summed E-state index contributed by atoms with van der Waals surface area (Å²) >= 11 is 0. The van der Waals surface area contributed by atoms with Crippen LogP contribution in [-0.4, -0.2) is 59.2 Å². The van der Waals surface area contributed by atoms with Gasteiger partial charge in [0.05, 0.1) is 37.9 Å². The number of nitrogens with one attached hydrogen (secondary N) is 1. The number of nitrogens with zero attached hydrogens (tertiary/aromatic N) is 1. The van der Waals surface area contributed by atoms with E-state index in [4.69, 9.17) is 14.2 Å². The molecule has 1 aliphatic rings. The zero-order valence-electron chi connectivity index (χ0n) is 16.4. The van der Waals surface area contributed by atoms with Gasteiger partial charge in [-0.15, -0.1) is 0 Å². The van der Waals surface area contributed by atoms with Crippen LogP contribution in [0.3, 0.4) is 0 Å². The number of hydrogen-bond acceptors (Lipinski definition) is 6. The van der Waals surface area contributed by atoms with Gasteiger partial charge < -0.3 is 19.5 Å². The highest BCUT2D eigenvalue weighted by Gasteiger charge is 2.30. The molecule has 1 aliphatic heterocycles. The minimum Gasteiger partial charge on any atom is -0.497 e. The summed E-state index contributed by atoms with van der Waals surface area (Å²) in [5.74, 6) is 0.730. The van der Waals surface area contributed by atoms with Gasteiger partial charge in [0.15, 0.2) is 0 Å². The van der Waals surface area contributed by atoms with Crippen molar-refractivity contribution in [3.8, 4) is 11.5 Å². The lowest BCUT2D eigenvalue weighted by Crippen LogP contribution is -2.41. The summed E-state index contributed by atoms with van der Waals surface area (Å²) in [4.78, 5) is 12.8. The molecule has 0 saturated carbocycles. The van der Waals surface area contributed by atoms with Crippen molar-refractivity contribution in [2.45, 2.75) is 11.4 Å². The van der Waals surface area contributed by atoms with E-state index >= 15 is 0 Å². The average Bonchev–Trinajstić information content (AvgIpc) is 2.77. The molecule has 0 bridgehead atoms. The third kappa shape index (κ3) is 4.69. The molecule has 3 rings (SSSR count). The standard InChI is InChI=1S/C20H24N2O6S/c1-26-16-8-7-15(18(13-16)27-2)14-21-20(23)17-5-3-4-6-19(17)29(24,25)22-9-11-28-12-10-22/h3-8,13H,9-12,14H2,1-2H3,(H,21,23). The van der Waals surface area contributed by atoms with Crippen molar-refractivity contribution in [2.24, 2.45) is 0 Å². The molecule has 2 aromatic carbocycles. The molecule has 1 amide bonds. The number of hydrogen-bond donors (Lipinski definition) is 1. The first kappa shape index (κ1) is 21.1. The van der Waals surface area contributed by atoms with Crippen LogP contribution < -0.4 is 14.8 Å². The molecule has 0 spiro atoms. The van der Waals surface area contributed by atoms with Crippen LogP contribution >= 0.6 is 0 Å². The molecule has 1 saturated heterocycles. The molecule has 0 aliphatic carbocycles. The number of benzene rings is 2. The van der Waals surface area contributed by atoms with Crippen LogP contribution in [0.15, 0.2) is 47.4 Å². The lowest BCUT2D eigenvalue weighted by atomic mass is 10.1. The van der Waals surface area contributed by atoms with Gasteiger partial charge in [0.25, 0.3) is 5.91 Å². The van der Waals surface area contributed by atoms with E-state index in [1.54, 1.807) is 37.4 Å². The monoisotopic (exact) mass is 420 g/mol. The lowest BCUT2D eigenvalue weighted by Gasteiger charge is -2.26. The van der Waals surface area contributed by atoms with Crippen molar-refractivity contribution < 1.29 is 27.4 Å². The second-order valence-corrected chi connectivity index (χ2v) is 8.28. The molecule has 2 aromatic rings. The summed E-state index contributed by atoms with van der Waals surface area (Å²) in [5.41, 5.74) is 0.849. The lowest BCUT2D eigenvalue weighted by molar-refractivity contribution is 0.0730. The van der Waals surface area contributed by atoms with E-state index in [1.807, 2.05) is 0 Å². The predicted molar refractivity (Wildman–Crippen MR) is 107 cm³/mol. The van der Waals surface area contributed by atoms with Gasteiger partial charge in [0.2, 0.25) is 10.0 Å². The molecule has 0 unspecified atom stereocenters. The van der Waals surface area contributed by atoms with E-state index in [9.17, 15) is 13.2 Å². The predicted octanol–water partition coefficient (Wildman–Crippen LogP) is 1.65. The Balaban J connectivity index is 1.80. The van der Waals surface area contributed by atoms with Crippen molar-refractivity contribution in [3.63, 3.8) is 0 Å². The highest BCUT2D eigenvalue weighted by atomic mass is 32.2. The maximum atomic E-state index is 13.0. The first-order valence-corrected chi connectivity index (χ1v) is 10.6. The van der Waals surface area contributed by atoms with Crippen LogP contribution in [0.4, 0.5) is 0 Å². The van der Waals surface area contributed by atoms with Crippen molar-refractivity contribution in [3.05, 3.63) is 53.6 Å². The number of methoxy groups -OCH3 is 2. The van der Waals surface area contributed by atoms with Crippen LogP contribution in [0.25, 0.3) is 0 Å². The van der Waals surface area contributed by atoms with Crippen molar-refractivity contribution in [1.82, 2.24) is 9.62 Å². The fourth-order valence-corrected chi connectivity index (χ4v) is 4.67. The summed E-state index contributed by atoms with van der Waals surface area (Å²) in [7, 11) is -0.702. The quantitative estimate of drug-likeness (QED) is 0.732. The topological polar surface area (TPSA) is 94.2 Å². The van der Waals surface area contributed by atoms with Crippen LogP contribution in [-0.2, 0) is 21.3 Å². The second-order valence-electron chi connectivity index (χ2n) is 6.37. The minimum atomic E-state index is -3.79. The van der Waals surface area contributed by atoms with E-state index in [0.717, 1.165) is 5.56 Å². The Bertz CT molecular complexity index is 971. The Morgan fingerprint density at radius 1 is 1.10 bits per heavy atom. The number of carbonyl (C=O) groups excluding carboxylic acids is 1. The Morgan fingerprint density at radius 2 is 1.83 bits per heavy atom. The highest BCUT2D eigenvalue weighted by molar-refractivity contribution is 7.89. The zero-order chi connectivity index (χ0) is 20.9. The number of rotatable bonds is 7. The van der Waals surface area contributed by atoms with Crippen LogP contribution in [0.5, 0.6) is 11.5 Å². The van der Waals surface area contributed by atoms with Crippen molar-refractivity contribution in [2.75, 3.05) is 40.5 Å². The average molecular weight is 420 g/mol. The van der Waals surface area contributed by atoms with Crippen LogP contribution in [0.1, 0.15) is 15.9 Å². The maximum absolute atomic E-state index is 13.0. The number of ether oxygens (including phenoxy) is 3. The van der Waals surface area contributed by atoms with Gasteiger partial charge in [0, 0.05) is 31.3 Å². The number of sulfonamides is 1. The van der Waals surface area contributed by atoms with Crippen LogP contribution in [0.2, 0.25) is 0 Å². The molecule has 1 fully saturated rings. The van der Waals surface area contributed by atoms with Crippen LogP contribution in [0, 0.1) is 0 Å². The van der Waals surface area contributed by atoms with E-state index in [0.29, 0.717) is 24.7 Å². The first-order valence-electron chi connectivity index (χ1n) is 9.13. The Labute approximate surface area is 170 Å². The second kappa shape index (κ2) is 9.25. The molecular formula is C20H24N2O6S. The number of amides is 1. The third-order valence-corrected chi connectivity index (χ3v) is 6.61. The Kier molecular flexibility index (Phi) is 6.73. The molecule has 1 N–H and O–H groups in total. The van der Waals surface area contributed by atoms with E-state index in [1.165, 1.54) is 23.5 Å². The fraction of sp³-hybridized carbons (Fsp3) is 0.350. The highest BCUT2D eigenvalue weighted by Crippen LogP contribution is 2.25. The molecule has 156 valence electrons. The van der Waals surface area contributed by atoms with Crippen molar-refractivity contribution in [1.29, 1.82) is 0 Å². The normalized spacial score (nSPS) is 15.0. The number of morpholine rings is 1.